The predicted molar refractivity (Wildman–Crippen MR) is 95.9 cm³/mol. The number of amides is 1. The van der Waals surface area contributed by atoms with E-state index in [9.17, 15) is 18.0 Å². The van der Waals surface area contributed by atoms with E-state index >= 15 is 0 Å². The summed E-state index contributed by atoms with van der Waals surface area (Å²) in [6.07, 6.45) is -4.23. The first-order valence-electron chi connectivity index (χ1n) is 8.39. The summed E-state index contributed by atoms with van der Waals surface area (Å²) in [6.45, 7) is 0.331. The van der Waals surface area contributed by atoms with Crippen molar-refractivity contribution >= 4 is 23.2 Å². The normalized spacial score (nSPS) is 17.4. The lowest BCUT2D eigenvalue weighted by atomic mass is 10.1. The Balaban J connectivity index is 1.54. The highest BCUT2D eigenvalue weighted by molar-refractivity contribution is 6.33. The minimum absolute atomic E-state index is 0.118. The number of alkyl halides is 3. The number of para-hydroxylation sites is 1. The Morgan fingerprint density at radius 3 is 2.50 bits per heavy atom. The fourth-order valence-corrected chi connectivity index (χ4v) is 3.34. The lowest BCUT2D eigenvalue weighted by Crippen LogP contribution is -2.24. The first-order valence-corrected chi connectivity index (χ1v) is 8.77. The third-order valence-electron chi connectivity index (χ3n) is 4.53. The summed E-state index contributed by atoms with van der Waals surface area (Å²) in [7, 11) is 0. The van der Waals surface area contributed by atoms with Gasteiger partial charge in [0.25, 0.3) is 0 Å². The van der Waals surface area contributed by atoms with E-state index in [1.165, 1.54) is 12.1 Å². The fourth-order valence-electron chi connectivity index (χ4n) is 3.10. The number of hydrogen-bond acceptors (Lipinski definition) is 4. The van der Waals surface area contributed by atoms with Gasteiger partial charge >= 0.3 is 6.18 Å². The van der Waals surface area contributed by atoms with E-state index in [0.29, 0.717) is 22.8 Å². The van der Waals surface area contributed by atoms with Crippen molar-refractivity contribution < 1.29 is 22.5 Å². The number of rotatable bonds is 3. The van der Waals surface area contributed by atoms with Crippen LogP contribution in [0.4, 0.5) is 18.9 Å². The molecule has 1 saturated heterocycles. The molecule has 5 nitrogen and oxygen atoms in total. The highest BCUT2D eigenvalue weighted by Gasteiger charge is 2.36. The second kappa shape index (κ2) is 6.94. The van der Waals surface area contributed by atoms with Gasteiger partial charge in [-0.05, 0) is 24.3 Å². The molecule has 2 aromatic carbocycles. The van der Waals surface area contributed by atoms with Crippen molar-refractivity contribution in [3.05, 3.63) is 65.0 Å². The van der Waals surface area contributed by atoms with Crippen molar-refractivity contribution in [1.29, 1.82) is 0 Å². The van der Waals surface area contributed by atoms with Crippen LogP contribution in [0, 0.1) is 0 Å². The maximum Gasteiger partial charge on any atom is 0.416 e. The number of aromatic nitrogens is 2. The van der Waals surface area contributed by atoms with Gasteiger partial charge in [0.05, 0.1) is 22.2 Å². The zero-order valence-electron chi connectivity index (χ0n) is 14.3. The van der Waals surface area contributed by atoms with E-state index in [2.05, 4.69) is 10.1 Å². The number of hydrogen-bond donors (Lipinski definition) is 0. The van der Waals surface area contributed by atoms with Crippen LogP contribution in [0.5, 0.6) is 0 Å². The van der Waals surface area contributed by atoms with Crippen molar-refractivity contribution in [2.75, 3.05) is 11.4 Å². The molecule has 0 saturated carbocycles. The molecule has 1 aromatic heterocycles. The van der Waals surface area contributed by atoms with Crippen LogP contribution in [0.3, 0.4) is 0 Å². The van der Waals surface area contributed by atoms with Crippen molar-refractivity contribution in [3.63, 3.8) is 0 Å². The minimum Gasteiger partial charge on any atom is -0.339 e. The second-order valence-electron chi connectivity index (χ2n) is 6.39. The molecule has 0 aliphatic carbocycles. The van der Waals surface area contributed by atoms with Crippen molar-refractivity contribution in [2.45, 2.75) is 18.5 Å². The van der Waals surface area contributed by atoms with Gasteiger partial charge in [-0.1, -0.05) is 41.0 Å². The van der Waals surface area contributed by atoms with Crippen LogP contribution in [0.15, 0.2) is 53.1 Å². The molecule has 2 heterocycles. The van der Waals surface area contributed by atoms with Gasteiger partial charge in [-0.15, -0.1) is 0 Å². The Morgan fingerprint density at radius 2 is 1.82 bits per heavy atom. The molecule has 28 heavy (non-hydrogen) atoms. The molecule has 1 unspecified atom stereocenters. The molecule has 9 heteroatoms. The largest absolute Gasteiger partial charge is 0.416 e. The van der Waals surface area contributed by atoms with Gasteiger partial charge in [-0.25, -0.2) is 0 Å². The van der Waals surface area contributed by atoms with Gasteiger partial charge in [0, 0.05) is 18.5 Å². The molecular formula is C19H13ClF3N3O2. The summed E-state index contributed by atoms with van der Waals surface area (Å²) in [6, 6.07) is 11.5. The predicted octanol–water partition coefficient (Wildman–Crippen LogP) is 4.93. The van der Waals surface area contributed by atoms with Gasteiger partial charge in [-0.2, -0.15) is 18.2 Å². The lowest BCUT2D eigenvalue weighted by molar-refractivity contribution is -0.137. The molecule has 1 fully saturated rings. The van der Waals surface area contributed by atoms with E-state index < -0.39 is 11.7 Å². The first-order chi connectivity index (χ1) is 13.3. The van der Waals surface area contributed by atoms with Crippen molar-refractivity contribution in [3.8, 4) is 11.4 Å². The van der Waals surface area contributed by atoms with Crippen LogP contribution in [-0.4, -0.2) is 22.6 Å². The van der Waals surface area contributed by atoms with Gasteiger partial charge in [0.15, 0.2) is 0 Å². The SMILES string of the molecule is O=C1CC(c2nc(-c3ccc(C(F)(F)F)cc3)no2)CN1c1ccccc1Cl. The molecule has 0 spiro atoms. The van der Waals surface area contributed by atoms with Crippen LogP contribution in [-0.2, 0) is 11.0 Å². The highest BCUT2D eigenvalue weighted by Crippen LogP contribution is 2.35. The number of anilines is 1. The monoisotopic (exact) mass is 407 g/mol. The summed E-state index contributed by atoms with van der Waals surface area (Å²) in [5.41, 5.74) is 0.256. The number of nitrogens with zero attached hydrogens (tertiary/aromatic N) is 3. The minimum atomic E-state index is -4.41. The Bertz CT molecular complexity index is 1020. The number of carbonyl (C=O) groups is 1. The molecule has 0 N–H and O–H groups in total. The molecular weight excluding hydrogens is 395 g/mol. The smallest absolute Gasteiger partial charge is 0.339 e. The van der Waals surface area contributed by atoms with Gasteiger partial charge in [0.1, 0.15) is 0 Å². The summed E-state index contributed by atoms with van der Waals surface area (Å²) < 4.78 is 43.3. The average molecular weight is 408 g/mol. The van der Waals surface area contributed by atoms with Gasteiger partial charge in [-0.3, -0.25) is 4.79 Å². The van der Waals surface area contributed by atoms with Gasteiger partial charge < -0.3 is 9.42 Å². The van der Waals surface area contributed by atoms with E-state index in [1.807, 2.05) is 0 Å². The maximum atomic E-state index is 12.7. The van der Waals surface area contributed by atoms with E-state index in [1.54, 1.807) is 29.2 Å². The number of carbonyl (C=O) groups excluding carboxylic acids is 1. The molecule has 0 bridgehead atoms. The Morgan fingerprint density at radius 1 is 1.11 bits per heavy atom. The van der Waals surface area contributed by atoms with E-state index in [0.717, 1.165) is 12.1 Å². The quantitative estimate of drug-likeness (QED) is 0.617. The third kappa shape index (κ3) is 3.47. The lowest BCUT2D eigenvalue weighted by Gasteiger charge is -2.17. The van der Waals surface area contributed by atoms with Crippen molar-refractivity contribution in [2.24, 2.45) is 0 Å². The molecule has 0 radical (unpaired) electrons. The Hall–Kier alpha value is -2.87. The Kier molecular flexibility index (Phi) is 4.58. The molecule has 144 valence electrons. The third-order valence-corrected chi connectivity index (χ3v) is 4.85. The van der Waals surface area contributed by atoms with Gasteiger partial charge in [0.2, 0.25) is 17.6 Å². The topological polar surface area (TPSA) is 59.2 Å². The average Bonchev–Trinajstić information content (AvgIpc) is 3.29. The van der Waals surface area contributed by atoms with Crippen LogP contribution in [0.2, 0.25) is 5.02 Å². The van der Waals surface area contributed by atoms with Crippen LogP contribution < -0.4 is 4.90 Å². The summed E-state index contributed by atoms with van der Waals surface area (Å²) in [4.78, 5) is 18.2. The standard InChI is InChI=1S/C19H13ClF3N3O2/c20-14-3-1-2-4-15(14)26-10-12(9-16(26)27)18-24-17(25-28-18)11-5-7-13(8-6-11)19(21,22)23/h1-8,12H,9-10H2. The number of benzene rings is 2. The fraction of sp³-hybridized carbons (Fsp3) is 0.211. The summed E-state index contributed by atoms with van der Waals surface area (Å²) in [5, 5.41) is 4.31. The number of halogens is 4. The first kappa shape index (κ1) is 18.5. The molecule has 1 amide bonds. The zero-order chi connectivity index (χ0) is 19.9. The van der Waals surface area contributed by atoms with Crippen LogP contribution in [0.25, 0.3) is 11.4 Å². The van der Waals surface area contributed by atoms with E-state index in [-0.39, 0.29) is 30.0 Å². The molecule has 1 aliphatic rings. The van der Waals surface area contributed by atoms with Crippen LogP contribution >= 0.6 is 11.6 Å². The molecule has 3 aromatic rings. The molecule has 1 aliphatic heterocycles. The molecule has 4 rings (SSSR count). The second-order valence-corrected chi connectivity index (χ2v) is 6.80. The summed E-state index contributed by atoms with van der Waals surface area (Å²) in [5.74, 6) is -0.00276. The maximum absolute atomic E-state index is 12.7. The highest BCUT2D eigenvalue weighted by atomic mass is 35.5. The van der Waals surface area contributed by atoms with Crippen LogP contribution in [0.1, 0.15) is 23.8 Å². The zero-order valence-corrected chi connectivity index (χ0v) is 15.0. The summed E-state index contributed by atoms with van der Waals surface area (Å²) >= 11 is 6.17. The van der Waals surface area contributed by atoms with Crippen molar-refractivity contribution in [1.82, 2.24) is 10.1 Å². The molecule has 1 atom stereocenters. The Labute approximate surface area is 162 Å². The van der Waals surface area contributed by atoms with E-state index in [4.69, 9.17) is 16.1 Å².